The minimum absolute atomic E-state index is 0.0119. The first-order valence-corrected chi connectivity index (χ1v) is 8.56. The van der Waals surface area contributed by atoms with Crippen molar-refractivity contribution in [1.82, 2.24) is 5.32 Å². The lowest BCUT2D eigenvalue weighted by Crippen LogP contribution is -2.32. The van der Waals surface area contributed by atoms with Crippen molar-refractivity contribution < 1.29 is 14.3 Å². The molecule has 0 spiro atoms. The summed E-state index contributed by atoms with van der Waals surface area (Å²) in [5.41, 5.74) is 3.43. The van der Waals surface area contributed by atoms with Crippen molar-refractivity contribution >= 4 is 17.5 Å². The molecule has 2 aromatic carbocycles. The molecule has 5 heteroatoms. The molecule has 26 heavy (non-hydrogen) atoms. The summed E-state index contributed by atoms with van der Waals surface area (Å²) in [6.45, 7) is 9.98. The SMILES string of the molecule is CC(=O)c1ccc(NC(=O)NCOc2ccc(C)cc2C(C)(C)C)cc1. The number of ketones is 1. The maximum atomic E-state index is 12.0. The summed E-state index contributed by atoms with van der Waals surface area (Å²) in [5.74, 6) is 0.747. The fraction of sp³-hybridized carbons (Fsp3) is 0.333. The van der Waals surface area contributed by atoms with Crippen LogP contribution in [0.5, 0.6) is 5.75 Å². The molecule has 0 fully saturated rings. The molecular formula is C21H26N2O3. The van der Waals surface area contributed by atoms with Crippen molar-refractivity contribution in [3.63, 3.8) is 0 Å². The predicted octanol–water partition coefficient (Wildman–Crippen LogP) is 4.65. The van der Waals surface area contributed by atoms with E-state index in [2.05, 4.69) is 37.5 Å². The molecular weight excluding hydrogens is 328 g/mol. The quantitative estimate of drug-likeness (QED) is 0.606. The standard InChI is InChI=1S/C21H26N2O3/c1-14-6-11-19(18(12-14)21(3,4)5)26-13-22-20(25)23-17-9-7-16(8-10-17)15(2)24/h6-12H,13H2,1-5H3,(H2,22,23,25). The Labute approximate surface area is 154 Å². The zero-order valence-electron chi connectivity index (χ0n) is 16.0. The van der Waals surface area contributed by atoms with Crippen LogP contribution in [0.25, 0.3) is 0 Å². The average Bonchev–Trinajstić information content (AvgIpc) is 2.55. The van der Waals surface area contributed by atoms with E-state index in [0.29, 0.717) is 11.3 Å². The molecule has 0 saturated heterocycles. The number of hydrogen-bond donors (Lipinski definition) is 2. The maximum Gasteiger partial charge on any atom is 0.321 e. The Morgan fingerprint density at radius 2 is 1.69 bits per heavy atom. The van der Waals surface area contributed by atoms with Crippen LogP contribution in [0.4, 0.5) is 10.5 Å². The van der Waals surface area contributed by atoms with E-state index in [4.69, 9.17) is 4.74 Å². The highest BCUT2D eigenvalue weighted by Gasteiger charge is 2.19. The van der Waals surface area contributed by atoms with Crippen LogP contribution >= 0.6 is 0 Å². The topological polar surface area (TPSA) is 67.4 Å². The van der Waals surface area contributed by atoms with Gasteiger partial charge < -0.3 is 15.4 Å². The third-order valence-corrected chi connectivity index (χ3v) is 3.95. The first kappa shape index (κ1) is 19.5. The van der Waals surface area contributed by atoms with Gasteiger partial charge in [-0.3, -0.25) is 4.79 Å². The van der Waals surface area contributed by atoms with Gasteiger partial charge in [-0.1, -0.05) is 38.5 Å². The van der Waals surface area contributed by atoms with E-state index in [1.165, 1.54) is 12.5 Å². The third-order valence-electron chi connectivity index (χ3n) is 3.95. The van der Waals surface area contributed by atoms with Gasteiger partial charge in [-0.2, -0.15) is 0 Å². The van der Waals surface area contributed by atoms with Gasteiger partial charge in [0, 0.05) is 11.3 Å². The summed E-state index contributed by atoms with van der Waals surface area (Å²) >= 11 is 0. The number of amides is 2. The minimum atomic E-state index is -0.370. The molecule has 2 amide bonds. The molecule has 0 heterocycles. The van der Waals surface area contributed by atoms with Crippen molar-refractivity contribution in [2.75, 3.05) is 12.0 Å². The molecule has 0 atom stereocenters. The predicted molar refractivity (Wildman–Crippen MR) is 104 cm³/mol. The number of anilines is 1. The Kier molecular flexibility index (Phi) is 6.03. The van der Waals surface area contributed by atoms with Gasteiger partial charge in [-0.15, -0.1) is 0 Å². The molecule has 0 saturated carbocycles. The second-order valence-corrected chi connectivity index (χ2v) is 7.30. The van der Waals surface area contributed by atoms with E-state index < -0.39 is 0 Å². The Hall–Kier alpha value is -2.82. The summed E-state index contributed by atoms with van der Waals surface area (Å²) < 4.78 is 5.76. The van der Waals surface area contributed by atoms with Crippen molar-refractivity contribution in [2.24, 2.45) is 0 Å². The van der Waals surface area contributed by atoms with Crippen LogP contribution in [0.15, 0.2) is 42.5 Å². The maximum absolute atomic E-state index is 12.0. The van der Waals surface area contributed by atoms with E-state index in [9.17, 15) is 9.59 Å². The van der Waals surface area contributed by atoms with E-state index in [-0.39, 0.29) is 24.0 Å². The van der Waals surface area contributed by atoms with Gasteiger partial charge in [0.2, 0.25) is 0 Å². The summed E-state index contributed by atoms with van der Waals surface area (Å²) in [6, 6.07) is 12.4. The normalized spacial score (nSPS) is 11.0. The average molecular weight is 354 g/mol. The first-order chi connectivity index (χ1) is 12.2. The number of hydrogen-bond acceptors (Lipinski definition) is 3. The first-order valence-electron chi connectivity index (χ1n) is 8.56. The minimum Gasteiger partial charge on any atom is -0.473 e. The molecule has 5 nitrogen and oxygen atoms in total. The monoisotopic (exact) mass is 354 g/mol. The molecule has 0 bridgehead atoms. The number of carbonyl (C=O) groups is 2. The number of benzene rings is 2. The Morgan fingerprint density at radius 3 is 2.27 bits per heavy atom. The lowest BCUT2D eigenvalue weighted by Gasteiger charge is -2.23. The molecule has 138 valence electrons. The van der Waals surface area contributed by atoms with E-state index >= 15 is 0 Å². The van der Waals surface area contributed by atoms with Crippen molar-refractivity contribution in [2.45, 2.75) is 40.0 Å². The van der Waals surface area contributed by atoms with E-state index in [1.807, 2.05) is 19.1 Å². The zero-order valence-corrected chi connectivity index (χ0v) is 16.0. The van der Waals surface area contributed by atoms with Crippen molar-refractivity contribution in [1.29, 1.82) is 0 Å². The number of ether oxygens (including phenoxy) is 1. The van der Waals surface area contributed by atoms with Crippen LogP contribution in [-0.4, -0.2) is 18.5 Å². The number of rotatable bonds is 5. The number of Topliss-reactive ketones (excluding diaryl/α,β-unsaturated/α-hetero) is 1. The Balaban J connectivity index is 1.91. The molecule has 0 radical (unpaired) electrons. The van der Waals surface area contributed by atoms with E-state index in [1.54, 1.807) is 24.3 Å². The molecule has 2 N–H and O–H groups in total. The molecule has 0 aromatic heterocycles. The second kappa shape index (κ2) is 8.04. The molecule has 2 rings (SSSR count). The van der Waals surface area contributed by atoms with Gasteiger partial charge in [-0.05, 0) is 55.2 Å². The summed E-state index contributed by atoms with van der Waals surface area (Å²) in [5, 5.41) is 5.38. The van der Waals surface area contributed by atoms with Crippen LogP contribution in [0.1, 0.15) is 49.2 Å². The lowest BCUT2D eigenvalue weighted by atomic mass is 9.85. The van der Waals surface area contributed by atoms with Gasteiger partial charge in [0.25, 0.3) is 0 Å². The molecule has 0 aliphatic rings. The third kappa shape index (κ3) is 5.34. The van der Waals surface area contributed by atoms with Gasteiger partial charge in [0.1, 0.15) is 5.75 Å². The lowest BCUT2D eigenvalue weighted by molar-refractivity contribution is 0.101. The van der Waals surface area contributed by atoms with E-state index in [0.717, 1.165) is 11.3 Å². The van der Waals surface area contributed by atoms with Crippen LogP contribution in [0, 0.1) is 6.92 Å². The highest BCUT2D eigenvalue weighted by molar-refractivity contribution is 5.95. The largest absolute Gasteiger partial charge is 0.473 e. The van der Waals surface area contributed by atoms with Crippen molar-refractivity contribution in [3.8, 4) is 5.75 Å². The molecule has 2 aromatic rings. The van der Waals surface area contributed by atoms with Crippen LogP contribution in [-0.2, 0) is 5.41 Å². The van der Waals surface area contributed by atoms with Crippen LogP contribution < -0.4 is 15.4 Å². The van der Waals surface area contributed by atoms with Crippen molar-refractivity contribution in [3.05, 3.63) is 59.2 Å². The number of urea groups is 1. The highest BCUT2D eigenvalue weighted by Crippen LogP contribution is 2.31. The fourth-order valence-electron chi connectivity index (χ4n) is 2.50. The second-order valence-electron chi connectivity index (χ2n) is 7.30. The Bertz CT molecular complexity index is 790. The number of nitrogens with one attached hydrogen (secondary N) is 2. The number of aryl methyl sites for hydroxylation is 1. The highest BCUT2D eigenvalue weighted by atomic mass is 16.5. The van der Waals surface area contributed by atoms with Crippen LogP contribution in [0.2, 0.25) is 0 Å². The van der Waals surface area contributed by atoms with Crippen LogP contribution in [0.3, 0.4) is 0 Å². The number of carbonyl (C=O) groups excluding carboxylic acids is 2. The Morgan fingerprint density at radius 1 is 1.04 bits per heavy atom. The smallest absolute Gasteiger partial charge is 0.321 e. The molecule has 0 unspecified atom stereocenters. The van der Waals surface area contributed by atoms with Gasteiger partial charge in [-0.25, -0.2) is 4.79 Å². The van der Waals surface area contributed by atoms with Gasteiger partial charge in [0.15, 0.2) is 12.5 Å². The molecule has 0 aliphatic heterocycles. The molecule has 0 aliphatic carbocycles. The summed E-state index contributed by atoms with van der Waals surface area (Å²) in [4.78, 5) is 23.2. The zero-order chi connectivity index (χ0) is 19.3. The fourth-order valence-corrected chi connectivity index (χ4v) is 2.50. The van der Waals surface area contributed by atoms with Gasteiger partial charge >= 0.3 is 6.03 Å². The summed E-state index contributed by atoms with van der Waals surface area (Å²) in [7, 11) is 0. The van der Waals surface area contributed by atoms with Gasteiger partial charge in [0.05, 0.1) is 0 Å². The summed E-state index contributed by atoms with van der Waals surface area (Å²) in [6.07, 6.45) is 0.